The van der Waals surface area contributed by atoms with Crippen molar-refractivity contribution in [2.75, 3.05) is 20.1 Å². The number of carbonyl (C=O) groups is 3. The lowest BCUT2D eigenvalue weighted by Gasteiger charge is -2.33. The Balaban J connectivity index is 2.14. The van der Waals surface area contributed by atoms with E-state index in [9.17, 15) is 14.4 Å². The molecule has 0 radical (unpaired) electrons. The molecule has 22 heavy (non-hydrogen) atoms. The highest BCUT2D eigenvalue weighted by atomic mass is 16.2. The molecule has 0 aromatic rings. The number of nitrogens with one attached hydrogen (secondary N) is 1. The predicted molar refractivity (Wildman–Crippen MR) is 83.0 cm³/mol. The van der Waals surface area contributed by atoms with Crippen molar-refractivity contribution in [1.82, 2.24) is 15.1 Å². The maximum Gasteiger partial charge on any atom is 0.246 e. The lowest BCUT2D eigenvalue weighted by molar-refractivity contribution is -0.150. The van der Waals surface area contributed by atoms with E-state index in [1.807, 2.05) is 20.8 Å². The first-order chi connectivity index (χ1) is 10.3. The first kappa shape index (κ1) is 16.8. The Morgan fingerprint density at radius 3 is 2.05 bits per heavy atom. The highest BCUT2D eigenvalue weighted by Crippen LogP contribution is 2.28. The summed E-state index contributed by atoms with van der Waals surface area (Å²) in [4.78, 5) is 40.7. The summed E-state index contributed by atoms with van der Waals surface area (Å²) in [6.07, 6.45) is 3.07. The minimum absolute atomic E-state index is 0.0130. The van der Waals surface area contributed by atoms with Crippen LogP contribution in [0.15, 0.2) is 0 Å². The number of rotatable bonds is 2. The van der Waals surface area contributed by atoms with Crippen molar-refractivity contribution in [3.8, 4) is 0 Å². The molecule has 2 fully saturated rings. The van der Waals surface area contributed by atoms with Gasteiger partial charge in [-0.2, -0.15) is 0 Å². The Bertz CT molecular complexity index is 470. The van der Waals surface area contributed by atoms with E-state index >= 15 is 0 Å². The van der Waals surface area contributed by atoms with Crippen LogP contribution in [0.1, 0.15) is 46.5 Å². The van der Waals surface area contributed by atoms with E-state index < -0.39 is 11.5 Å². The van der Waals surface area contributed by atoms with Crippen molar-refractivity contribution >= 4 is 17.7 Å². The van der Waals surface area contributed by atoms with Gasteiger partial charge in [-0.05, 0) is 25.7 Å². The third-order valence-electron chi connectivity index (χ3n) is 4.53. The van der Waals surface area contributed by atoms with Crippen molar-refractivity contribution in [2.24, 2.45) is 5.41 Å². The van der Waals surface area contributed by atoms with Crippen LogP contribution in [-0.2, 0) is 14.4 Å². The minimum atomic E-state index is -0.492. The van der Waals surface area contributed by atoms with Crippen molar-refractivity contribution in [2.45, 2.75) is 58.5 Å². The lowest BCUT2D eigenvalue weighted by Crippen LogP contribution is -2.54. The molecule has 0 aromatic heterocycles. The van der Waals surface area contributed by atoms with Gasteiger partial charge in [-0.1, -0.05) is 20.8 Å². The Morgan fingerprint density at radius 2 is 1.50 bits per heavy atom. The van der Waals surface area contributed by atoms with E-state index in [0.717, 1.165) is 12.8 Å². The summed E-state index contributed by atoms with van der Waals surface area (Å²) < 4.78 is 0. The summed E-state index contributed by atoms with van der Waals surface area (Å²) >= 11 is 0. The number of nitrogens with zero attached hydrogens (tertiary/aromatic N) is 2. The third kappa shape index (κ3) is 3.10. The van der Waals surface area contributed by atoms with Gasteiger partial charge in [-0.15, -0.1) is 0 Å². The number of amides is 3. The topological polar surface area (TPSA) is 69.7 Å². The summed E-state index contributed by atoms with van der Waals surface area (Å²) in [6.45, 7) is 6.85. The van der Waals surface area contributed by atoms with E-state index in [0.29, 0.717) is 25.9 Å². The molecule has 2 saturated heterocycles. The molecule has 0 aromatic carbocycles. The number of hydrogen-bond donors (Lipinski definition) is 1. The van der Waals surface area contributed by atoms with Gasteiger partial charge in [0.15, 0.2) is 0 Å². The summed E-state index contributed by atoms with van der Waals surface area (Å²) in [6, 6.07) is -0.790. The lowest BCUT2D eigenvalue weighted by atomic mass is 9.94. The Morgan fingerprint density at radius 1 is 0.955 bits per heavy atom. The van der Waals surface area contributed by atoms with Crippen LogP contribution in [0.2, 0.25) is 0 Å². The normalized spacial score (nSPS) is 25.5. The molecule has 6 heteroatoms. The van der Waals surface area contributed by atoms with Crippen LogP contribution in [0.25, 0.3) is 0 Å². The third-order valence-corrected chi connectivity index (χ3v) is 4.53. The number of likely N-dealkylation sites (N-methyl/N-ethyl adjacent to an activating group) is 1. The molecule has 2 aliphatic rings. The van der Waals surface area contributed by atoms with Crippen molar-refractivity contribution < 1.29 is 14.4 Å². The fraction of sp³-hybridized carbons (Fsp3) is 0.812. The van der Waals surface area contributed by atoms with Gasteiger partial charge in [-0.3, -0.25) is 14.4 Å². The van der Waals surface area contributed by atoms with E-state index in [-0.39, 0.29) is 23.8 Å². The van der Waals surface area contributed by atoms with Gasteiger partial charge < -0.3 is 15.1 Å². The zero-order chi connectivity index (χ0) is 16.5. The summed E-state index contributed by atoms with van der Waals surface area (Å²) in [5.41, 5.74) is -0.492. The maximum absolute atomic E-state index is 12.9. The van der Waals surface area contributed by atoms with Gasteiger partial charge in [-0.25, -0.2) is 0 Å². The number of likely N-dealkylation sites (tertiary alicyclic amines) is 2. The van der Waals surface area contributed by atoms with Crippen molar-refractivity contribution in [3.63, 3.8) is 0 Å². The van der Waals surface area contributed by atoms with E-state index in [2.05, 4.69) is 5.32 Å². The Kier molecular flexibility index (Phi) is 4.78. The maximum atomic E-state index is 12.9. The SMILES string of the molecule is CNC(=O)[C@H]1CCCN1C(=O)[C@@H]1CCCN1C(=O)C(C)(C)C. The fourth-order valence-electron chi connectivity index (χ4n) is 3.36. The molecule has 1 N–H and O–H groups in total. The molecule has 2 heterocycles. The molecule has 0 bridgehead atoms. The molecule has 0 unspecified atom stereocenters. The second kappa shape index (κ2) is 6.26. The number of carbonyl (C=O) groups excluding carboxylic acids is 3. The Labute approximate surface area is 132 Å². The van der Waals surface area contributed by atoms with E-state index in [4.69, 9.17) is 0 Å². The monoisotopic (exact) mass is 309 g/mol. The van der Waals surface area contributed by atoms with Gasteiger partial charge in [0, 0.05) is 25.6 Å². The molecule has 0 aliphatic carbocycles. The van der Waals surface area contributed by atoms with Gasteiger partial charge in [0.1, 0.15) is 12.1 Å². The molecular formula is C16H27N3O3. The molecular weight excluding hydrogens is 282 g/mol. The molecule has 2 atom stereocenters. The number of hydrogen-bond acceptors (Lipinski definition) is 3. The zero-order valence-corrected chi connectivity index (χ0v) is 14.0. The molecule has 6 nitrogen and oxygen atoms in total. The largest absolute Gasteiger partial charge is 0.357 e. The average Bonchev–Trinajstić information content (AvgIpc) is 3.12. The molecule has 124 valence electrons. The van der Waals surface area contributed by atoms with Crippen LogP contribution in [0.3, 0.4) is 0 Å². The van der Waals surface area contributed by atoms with Gasteiger partial charge in [0.2, 0.25) is 17.7 Å². The second-order valence-corrected chi connectivity index (χ2v) is 7.21. The standard InChI is InChI=1S/C16H27N3O3/c1-16(2,3)15(22)19-10-6-8-12(19)14(21)18-9-5-7-11(18)13(20)17-4/h11-12H,5-10H2,1-4H3,(H,17,20)/t11-,12+/m1/s1. The van der Waals surface area contributed by atoms with E-state index in [1.165, 1.54) is 0 Å². The summed E-state index contributed by atoms with van der Waals surface area (Å²) in [7, 11) is 1.59. The van der Waals surface area contributed by atoms with Crippen LogP contribution in [0.5, 0.6) is 0 Å². The van der Waals surface area contributed by atoms with Crippen LogP contribution in [0.4, 0.5) is 0 Å². The molecule has 2 rings (SSSR count). The summed E-state index contributed by atoms with van der Waals surface area (Å²) in [5.74, 6) is -0.169. The van der Waals surface area contributed by atoms with Gasteiger partial charge in [0.25, 0.3) is 0 Å². The molecule has 2 aliphatic heterocycles. The van der Waals surface area contributed by atoms with Crippen LogP contribution >= 0.6 is 0 Å². The van der Waals surface area contributed by atoms with Crippen LogP contribution in [0, 0.1) is 5.41 Å². The van der Waals surface area contributed by atoms with Gasteiger partial charge in [0.05, 0.1) is 0 Å². The van der Waals surface area contributed by atoms with Crippen molar-refractivity contribution in [3.05, 3.63) is 0 Å². The first-order valence-electron chi connectivity index (χ1n) is 8.10. The van der Waals surface area contributed by atoms with Gasteiger partial charge >= 0.3 is 0 Å². The first-order valence-corrected chi connectivity index (χ1v) is 8.10. The van der Waals surface area contributed by atoms with Crippen LogP contribution in [-0.4, -0.2) is 59.7 Å². The second-order valence-electron chi connectivity index (χ2n) is 7.21. The van der Waals surface area contributed by atoms with E-state index in [1.54, 1.807) is 16.8 Å². The highest BCUT2D eigenvalue weighted by Gasteiger charge is 2.43. The molecule has 0 spiro atoms. The molecule has 3 amide bonds. The predicted octanol–water partition coefficient (Wildman–Crippen LogP) is 0.760. The zero-order valence-electron chi connectivity index (χ0n) is 14.0. The average molecular weight is 309 g/mol. The quantitative estimate of drug-likeness (QED) is 0.819. The summed E-state index contributed by atoms with van der Waals surface area (Å²) in [5, 5.41) is 2.63. The molecule has 0 saturated carbocycles. The fourth-order valence-corrected chi connectivity index (χ4v) is 3.36. The smallest absolute Gasteiger partial charge is 0.246 e. The Hall–Kier alpha value is -1.59. The highest BCUT2D eigenvalue weighted by molar-refractivity contribution is 5.93. The minimum Gasteiger partial charge on any atom is -0.357 e. The van der Waals surface area contributed by atoms with Crippen molar-refractivity contribution in [1.29, 1.82) is 0 Å². The van der Waals surface area contributed by atoms with Crippen LogP contribution < -0.4 is 5.32 Å².